The molecule has 0 radical (unpaired) electrons. The van der Waals surface area contributed by atoms with Gasteiger partial charge in [0.25, 0.3) is 0 Å². The van der Waals surface area contributed by atoms with E-state index in [9.17, 15) is 5.11 Å². The van der Waals surface area contributed by atoms with Crippen molar-refractivity contribution in [3.05, 3.63) is 66.7 Å². The highest BCUT2D eigenvalue weighted by Crippen LogP contribution is 2.15. The largest absolute Gasteiger partial charge is 0.506 e. The quantitative estimate of drug-likeness (QED) is 0.762. The molecule has 0 unspecified atom stereocenters. The van der Waals surface area contributed by atoms with Crippen LogP contribution >= 0.6 is 0 Å². The summed E-state index contributed by atoms with van der Waals surface area (Å²) in [5.74, 6) is 0.175. The molecule has 0 bridgehead atoms. The number of hydrogen-bond acceptors (Lipinski definition) is 4. The van der Waals surface area contributed by atoms with Crippen LogP contribution in [0.25, 0.3) is 5.69 Å². The molecule has 2 heterocycles. The van der Waals surface area contributed by atoms with E-state index >= 15 is 0 Å². The van der Waals surface area contributed by atoms with Crippen molar-refractivity contribution in [1.82, 2.24) is 14.8 Å². The van der Waals surface area contributed by atoms with Gasteiger partial charge in [-0.15, -0.1) is 0 Å². The van der Waals surface area contributed by atoms with Gasteiger partial charge in [0.15, 0.2) is 0 Å². The van der Waals surface area contributed by atoms with E-state index in [0.29, 0.717) is 6.54 Å². The summed E-state index contributed by atoms with van der Waals surface area (Å²) in [6, 6.07) is 13.3. The van der Waals surface area contributed by atoms with Gasteiger partial charge in [-0.2, -0.15) is 5.10 Å². The highest BCUT2D eigenvalue weighted by molar-refractivity contribution is 5.51. The first-order chi connectivity index (χ1) is 9.81. The van der Waals surface area contributed by atoms with Crippen LogP contribution in [0.1, 0.15) is 5.69 Å². The fourth-order valence-electron chi connectivity index (χ4n) is 1.89. The first kappa shape index (κ1) is 12.2. The third-order valence-corrected chi connectivity index (χ3v) is 2.90. The monoisotopic (exact) mass is 266 g/mol. The van der Waals surface area contributed by atoms with Crippen LogP contribution in [-0.4, -0.2) is 19.9 Å². The minimum absolute atomic E-state index is 0.175. The number of nitrogens with one attached hydrogen (secondary N) is 1. The predicted molar refractivity (Wildman–Crippen MR) is 76.8 cm³/mol. The van der Waals surface area contributed by atoms with Gasteiger partial charge in [0.2, 0.25) is 0 Å². The van der Waals surface area contributed by atoms with Crippen molar-refractivity contribution >= 4 is 5.69 Å². The number of hydrogen-bond donors (Lipinski definition) is 2. The Kier molecular flexibility index (Phi) is 3.33. The van der Waals surface area contributed by atoms with Crippen LogP contribution in [0.15, 0.2) is 61.1 Å². The molecule has 3 aromatic rings. The Hall–Kier alpha value is -2.82. The molecular formula is C15H14N4O. The number of rotatable bonds is 4. The van der Waals surface area contributed by atoms with Gasteiger partial charge < -0.3 is 10.4 Å². The topological polar surface area (TPSA) is 63.0 Å². The predicted octanol–water partition coefficient (Wildman–Crippen LogP) is 2.58. The zero-order chi connectivity index (χ0) is 13.8. The lowest BCUT2D eigenvalue weighted by atomic mass is 10.2. The van der Waals surface area contributed by atoms with E-state index in [-0.39, 0.29) is 5.75 Å². The van der Waals surface area contributed by atoms with Crippen LogP contribution in [0.2, 0.25) is 0 Å². The molecule has 0 saturated carbocycles. The summed E-state index contributed by atoms with van der Waals surface area (Å²) in [7, 11) is 0. The average Bonchev–Trinajstić information content (AvgIpc) is 3.01. The molecular weight excluding hydrogens is 252 g/mol. The molecule has 0 spiro atoms. The maximum absolute atomic E-state index is 9.19. The van der Waals surface area contributed by atoms with Crippen LogP contribution in [0, 0.1) is 0 Å². The molecule has 0 aliphatic carbocycles. The average molecular weight is 266 g/mol. The second kappa shape index (κ2) is 5.44. The summed E-state index contributed by atoms with van der Waals surface area (Å²) >= 11 is 0. The Morgan fingerprint density at radius 1 is 1.15 bits per heavy atom. The molecule has 1 aromatic carbocycles. The van der Waals surface area contributed by atoms with Crippen molar-refractivity contribution in [3.63, 3.8) is 0 Å². The standard InChI is InChI=1S/C15H14N4O/c20-15-6-5-13(17-11-15)10-16-12-3-1-4-14(9-12)19-8-2-7-18-19/h1-9,11,16,20H,10H2. The lowest BCUT2D eigenvalue weighted by molar-refractivity contribution is 0.472. The van der Waals surface area contributed by atoms with E-state index in [1.807, 2.05) is 41.2 Å². The first-order valence-electron chi connectivity index (χ1n) is 6.29. The second-order valence-electron chi connectivity index (χ2n) is 4.36. The van der Waals surface area contributed by atoms with Gasteiger partial charge in [0.05, 0.1) is 24.1 Å². The minimum atomic E-state index is 0.175. The first-order valence-corrected chi connectivity index (χ1v) is 6.29. The van der Waals surface area contributed by atoms with E-state index in [1.54, 1.807) is 18.3 Å². The van der Waals surface area contributed by atoms with E-state index in [4.69, 9.17) is 0 Å². The molecule has 2 N–H and O–H groups in total. The molecule has 5 heteroatoms. The third-order valence-electron chi connectivity index (χ3n) is 2.90. The van der Waals surface area contributed by atoms with Crippen LogP contribution < -0.4 is 5.32 Å². The third kappa shape index (κ3) is 2.77. The number of nitrogens with zero attached hydrogens (tertiary/aromatic N) is 3. The summed E-state index contributed by atoms with van der Waals surface area (Å²) in [6.45, 7) is 0.600. The molecule has 3 rings (SSSR count). The summed E-state index contributed by atoms with van der Waals surface area (Å²) in [5, 5.41) is 16.7. The van der Waals surface area contributed by atoms with Crippen LogP contribution in [-0.2, 0) is 6.54 Å². The normalized spacial score (nSPS) is 10.4. The minimum Gasteiger partial charge on any atom is -0.506 e. The molecule has 0 amide bonds. The number of aromatic hydroxyl groups is 1. The Morgan fingerprint density at radius 2 is 2.10 bits per heavy atom. The van der Waals surface area contributed by atoms with Gasteiger partial charge in [-0.3, -0.25) is 4.98 Å². The SMILES string of the molecule is Oc1ccc(CNc2cccc(-n3cccn3)c2)nc1. The van der Waals surface area contributed by atoms with Gasteiger partial charge in [0.1, 0.15) is 5.75 Å². The van der Waals surface area contributed by atoms with Crippen molar-refractivity contribution < 1.29 is 5.11 Å². The lowest BCUT2D eigenvalue weighted by Crippen LogP contribution is -2.02. The van der Waals surface area contributed by atoms with Gasteiger partial charge >= 0.3 is 0 Å². The zero-order valence-corrected chi connectivity index (χ0v) is 10.8. The van der Waals surface area contributed by atoms with E-state index in [2.05, 4.69) is 15.4 Å². The summed E-state index contributed by atoms with van der Waals surface area (Å²) in [4.78, 5) is 4.14. The van der Waals surface area contributed by atoms with Crippen molar-refractivity contribution in [2.45, 2.75) is 6.54 Å². The van der Waals surface area contributed by atoms with Crippen molar-refractivity contribution in [2.75, 3.05) is 5.32 Å². The van der Waals surface area contributed by atoms with Crippen molar-refractivity contribution in [1.29, 1.82) is 0 Å². The smallest absolute Gasteiger partial charge is 0.133 e. The molecule has 0 aliphatic heterocycles. The molecule has 0 saturated heterocycles. The molecule has 0 aliphatic rings. The van der Waals surface area contributed by atoms with Gasteiger partial charge in [-0.25, -0.2) is 4.68 Å². The van der Waals surface area contributed by atoms with Gasteiger partial charge in [-0.05, 0) is 36.4 Å². The lowest BCUT2D eigenvalue weighted by Gasteiger charge is -2.08. The highest BCUT2D eigenvalue weighted by Gasteiger charge is 1.99. The number of benzene rings is 1. The molecule has 0 fully saturated rings. The Labute approximate surface area is 116 Å². The van der Waals surface area contributed by atoms with Crippen LogP contribution in [0.4, 0.5) is 5.69 Å². The molecule has 2 aromatic heterocycles. The van der Waals surface area contributed by atoms with Gasteiger partial charge in [-0.1, -0.05) is 6.07 Å². The fraction of sp³-hybridized carbons (Fsp3) is 0.0667. The van der Waals surface area contributed by atoms with Crippen LogP contribution in [0.3, 0.4) is 0 Å². The number of aromatic nitrogens is 3. The Morgan fingerprint density at radius 3 is 2.85 bits per heavy atom. The maximum Gasteiger partial charge on any atom is 0.133 e. The van der Waals surface area contributed by atoms with Crippen molar-refractivity contribution in [2.24, 2.45) is 0 Å². The van der Waals surface area contributed by atoms with Crippen molar-refractivity contribution in [3.8, 4) is 11.4 Å². The molecule has 5 nitrogen and oxygen atoms in total. The van der Waals surface area contributed by atoms with Gasteiger partial charge in [0, 0.05) is 18.1 Å². The second-order valence-corrected chi connectivity index (χ2v) is 4.36. The zero-order valence-electron chi connectivity index (χ0n) is 10.8. The van der Waals surface area contributed by atoms with Crippen LogP contribution in [0.5, 0.6) is 5.75 Å². The summed E-state index contributed by atoms with van der Waals surface area (Å²) in [6.07, 6.45) is 5.10. The van der Waals surface area contributed by atoms with E-state index < -0.39 is 0 Å². The fourth-order valence-corrected chi connectivity index (χ4v) is 1.89. The van der Waals surface area contributed by atoms with E-state index in [1.165, 1.54) is 6.20 Å². The summed E-state index contributed by atoms with van der Waals surface area (Å²) < 4.78 is 1.81. The Bertz CT molecular complexity index is 677. The maximum atomic E-state index is 9.19. The number of anilines is 1. The van der Waals surface area contributed by atoms with E-state index in [0.717, 1.165) is 17.1 Å². The molecule has 20 heavy (non-hydrogen) atoms. The Balaban J connectivity index is 1.72. The summed E-state index contributed by atoms with van der Waals surface area (Å²) in [5.41, 5.74) is 2.86. The molecule has 0 atom stereocenters. The molecule has 100 valence electrons. The number of pyridine rings is 1. The highest BCUT2D eigenvalue weighted by atomic mass is 16.3.